The summed E-state index contributed by atoms with van der Waals surface area (Å²) < 4.78 is 10.7. The van der Waals surface area contributed by atoms with E-state index in [0.717, 1.165) is 49.6 Å². The van der Waals surface area contributed by atoms with Crippen LogP contribution in [0.3, 0.4) is 0 Å². The molecule has 7 nitrogen and oxygen atoms in total. The number of nitrogens with one attached hydrogen (secondary N) is 1. The van der Waals surface area contributed by atoms with Gasteiger partial charge in [0.25, 0.3) is 5.91 Å². The Hall–Kier alpha value is -3.43. The Kier molecular flexibility index (Phi) is 6.68. The van der Waals surface area contributed by atoms with E-state index < -0.39 is 0 Å². The van der Waals surface area contributed by atoms with Crippen LogP contribution in [0.2, 0.25) is 0 Å². The van der Waals surface area contributed by atoms with Crippen molar-refractivity contribution >= 4 is 49.6 Å². The van der Waals surface area contributed by atoms with Crippen molar-refractivity contribution in [2.45, 2.75) is 41.0 Å². The van der Waals surface area contributed by atoms with Crippen LogP contribution >= 0.6 is 27.3 Å². The molecule has 0 spiro atoms. The van der Waals surface area contributed by atoms with Gasteiger partial charge in [-0.2, -0.15) is 10.2 Å². The average molecular weight is 565 g/mol. The van der Waals surface area contributed by atoms with Gasteiger partial charge < -0.3 is 10.1 Å². The van der Waals surface area contributed by atoms with Gasteiger partial charge in [-0.1, -0.05) is 30.3 Å². The number of rotatable bonds is 7. The number of ether oxygens (including phenoxy) is 1. The lowest BCUT2D eigenvalue weighted by Crippen LogP contribution is -2.15. The van der Waals surface area contributed by atoms with E-state index in [0.29, 0.717) is 18.2 Å². The molecule has 5 rings (SSSR count). The molecule has 0 saturated heterocycles. The van der Waals surface area contributed by atoms with Crippen molar-refractivity contribution in [3.63, 3.8) is 0 Å². The van der Waals surface area contributed by atoms with Crippen LogP contribution < -0.4 is 10.1 Å². The summed E-state index contributed by atoms with van der Waals surface area (Å²) >= 11 is 4.97. The van der Waals surface area contributed by atoms with Gasteiger partial charge in [0.15, 0.2) is 0 Å². The highest BCUT2D eigenvalue weighted by molar-refractivity contribution is 9.10. The Morgan fingerprint density at radius 2 is 1.69 bits per heavy atom. The third kappa shape index (κ3) is 4.81. The summed E-state index contributed by atoms with van der Waals surface area (Å²) in [5, 5.41) is 16.5. The van der Waals surface area contributed by atoms with Crippen LogP contribution in [-0.2, 0) is 13.3 Å². The number of anilines is 1. The molecule has 0 unspecified atom stereocenters. The first-order valence-electron chi connectivity index (χ1n) is 11.5. The fourth-order valence-electron chi connectivity index (χ4n) is 4.12. The molecular weight excluding hydrogens is 538 g/mol. The first-order chi connectivity index (χ1) is 17.3. The molecule has 1 N–H and O–H groups in total. The molecule has 0 aliphatic rings. The number of thiophene rings is 1. The lowest BCUT2D eigenvalue weighted by molar-refractivity contribution is 0.103. The summed E-state index contributed by atoms with van der Waals surface area (Å²) in [4.78, 5) is 13.6. The van der Waals surface area contributed by atoms with Gasteiger partial charge in [-0.15, -0.1) is 11.3 Å². The second-order valence-corrected chi connectivity index (χ2v) is 10.4. The molecule has 36 heavy (non-hydrogen) atoms. The lowest BCUT2D eigenvalue weighted by atomic mass is 10.1. The molecule has 2 aromatic carbocycles. The predicted octanol–water partition coefficient (Wildman–Crippen LogP) is 6.63. The Morgan fingerprint density at radius 3 is 2.44 bits per heavy atom. The van der Waals surface area contributed by atoms with Gasteiger partial charge in [-0.05, 0) is 78.0 Å². The van der Waals surface area contributed by atoms with E-state index in [-0.39, 0.29) is 5.91 Å². The molecule has 1 amide bonds. The smallest absolute Gasteiger partial charge is 0.265 e. The van der Waals surface area contributed by atoms with Crippen molar-refractivity contribution in [3.8, 4) is 5.75 Å². The monoisotopic (exact) mass is 563 g/mol. The second kappa shape index (κ2) is 9.91. The molecule has 5 aromatic rings. The molecule has 0 aliphatic carbocycles. The van der Waals surface area contributed by atoms with Gasteiger partial charge >= 0.3 is 0 Å². The number of nitrogens with zero attached hydrogens (tertiary/aromatic N) is 4. The SMILES string of the molecule is Cc1nn(Cn2nc(C)c(NC(=O)c3cc(COc4ccc5ccccc5c4)cs3)c2C)c(C)c1Br. The Morgan fingerprint density at radius 1 is 0.972 bits per heavy atom. The van der Waals surface area contributed by atoms with Crippen LogP contribution in [0.15, 0.2) is 58.4 Å². The molecule has 184 valence electrons. The van der Waals surface area contributed by atoms with E-state index in [1.807, 2.05) is 72.8 Å². The number of hydrogen-bond donors (Lipinski definition) is 1. The van der Waals surface area contributed by atoms with Crippen LogP contribution in [-0.4, -0.2) is 25.5 Å². The molecule has 0 atom stereocenters. The molecule has 9 heteroatoms. The molecule has 0 radical (unpaired) electrons. The average Bonchev–Trinajstić information content (AvgIpc) is 3.52. The normalized spacial score (nSPS) is 11.2. The summed E-state index contributed by atoms with van der Waals surface area (Å²) in [5.74, 6) is 0.649. The minimum atomic E-state index is -0.156. The standard InChI is InChI=1S/C27H26BrN5O2S/c1-16-25(28)18(3)32(30-16)15-33-19(4)26(17(2)31-33)29-27(34)24-11-20(14-36-24)13-35-23-10-9-21-7-5-6-8-22(21)12-23/h5-12,14H,13,15H2,1-4H3,(H,29,34). The third-order valence-electron chi connectivity index (χ3n) is 6.19. The van der Waals surface area contributed by atoms with Crippen molar-refractivity contribution in [2.24, 2.45) is 0 Å². The molecular formula is C27H26BrN5O2S. The minimum Gasteiger partial charge on any atom is -0.489 e. The number of aryl methyl sites for hydroxylation is 2. The Labute approximate surface area is 221 Å². The number of carbonyl (C=O) groups is 1. The molecule has 3 aromatic heterocycles. The minimum absolute atomic E-state index is 0.156. The van der Waals surface area contributed by atoms with Crippen molar-refractivity contribution < 1.29 is 9.53 Å². The summed E-state index contributed by atoms with van der Waals surface area (Å²) in [7, 11) is 0. The van der Waals surface area contributed by atoms with Gasteiger partial charge in [-0.25, -0.2) is 9.36 Å². The highest BCUT2D eigenvalue weighted by Gasteiger charge is 2.18. The van der Waals surface area contributed by atoms with Gasteiger partial charge in [0, 0.05) is 5.56 Å². The summed E-state index contributed by atoms with van der Waals surface area (Å²) in [5.41, 5.74) is 5.28. The predicted molar refractivity (Wildman–Crippen MR) is 147 cm³/mol. The van der Waals surface area contributed by atoms with E-state index in [1.165, 1.54) is 16.7 Å². The van der Waals surface area contributed by atoms with E-state index >= 15 is 0 Å². The van der Waals surface area contributed by atoms with Gasteiger partial charge in [0.1, 0.15) is 19.0 Å². The number of benzene rings is 2. The maximum absolute atomic E-state index is 13.0. The van der Waals surface area contributed by atoms with Crippen LogP contribution in [0.5, 0.6) is 5.75 Å². The topological polar surface area (TPSA) is 74.0 Å². The zero-order chi connectivity index (χ0) is 25.4. The number of aromatic nitrogens is 4. The number of halogens is 1. The number of hydrogen-bond acceptors (Lipinski definition) is 5. The molecule has 3 heterocycles. The Bertz CT molecular complexity index is 1580. The first kappa shape index (κ1) is 24.3. The molecule has 0 aliphatic heterocycles. The second-order valence-electron chi connectivity index (χ2n) is 8.74. The number of amides is 1. The van der Waals surface area contributed by atoms with Crippen LogP contribution in [0.25, 0.3) is 10.8 Å². The van der Waals surface area contributed by atoms with E-state index in [1.54, 1.807) is 0 Å². The van der Waals surface area contributed by atoms with Crippen molar-refractivity contribution in [1.82, 2.24) is 19.6 Å². The number of carbonyl (C=O) groups excluding carboxylic acids is 1. The van der Waals surface area contributed by atoms with Crippen LogP contribution in [0.4, 0.5) is 5.69 Å². The lowest BCUT2D eigenvalue weighted by Gasteiger charge is -2.08. The number of fused-ring (bicyclic) bond motifs is 1. The zero-order valence-corrected chi connectivity index (χ0v) is 22.9. The maximum atomic E-state index is 13.0. The van der Waals surface area contributed by atoms with Crippen molar-refractivity contribution in [1.29, 1.82) is 0 Å². The third-order valence-corrected chi connectivity index (χ3v) is 8.31. The highest BCUT2D eigenvalue weighted by Crippen LogP contribution is 2.26. The zero-order valence-electron chi connectivity index (χ0n) is 20.5. The maximum Gasteiger partial charge on any atom is 0.265 e. The quantitative estimate of drug-likeness (QED) is 0.241. The summed E-state index contributed by atoms with van der Waals surface area (Å²) in [6.07, 6.45) is 0. The molecule has 0 fully saturated rings. The Balaban J connectivity index is 1.25. The van der Waals surface area contributed by atoms with E-state index in [9.17, 15) is 4.79 Å². The largest absolute Gasteiger partial charge is 0.489 e. The van der Waals surface area contributed by atoms with Crippen LogP contribution in [0, 0.1) is 27.7 Å². The van der Waals surface area contributed by atoms with E-state index in [4.69, 9.17) is 4.74 Å². The summed E-state index contributed by atoms with van der Waals surface area (Å²) in [6, 6.07) is 16.1. The summed E-state index contributed by atoms with van der Waals surface area (Å²) in [6.45, 7) is 8.69. The van der Waals surface area contributed by atoms with Crippen molar-refractivity contribution in [2.75, 3.05) is 5.32 Å². The van der Waals surface area contributed by atoms with Gasteiger partial charge in [0.05, 0.1) is 37.8 Å². The van der Waals surface area contributed by atoms with E-state index in [2.05, 4.69) is 49.6 Å². The van der Waals surface area contributed by atoms with Gasteiger partial charge in [0.2, 0.25) is 0 Å². The first-order valence-corrected chi connectivity index (χ1v) is 13.2. The highest BCUT2D eigenvalue weighted by atomic mass is 79.9. The van der Waals surface area contributed by atoms with Crippen molar-refractivity contribution in [3.05, 3.63) is 91.6 Å². The molecule has 0 bridgehead atoms. The molecule has 0 saturated carbocycles. The fourth-order valence-corrected chi connectivity index (χ4v) is 5.20. The van der Waals surface area contributed by atoms with Crippen LogP contribution in [0.1, 0.15) is 38.0 Å². The van der Waals surface area contributed by atoms with Gasteiger partial charge in [-0.3, -0.25) is 4.79 Å². The fraction of sp³-hybridized carbons (Fsp3) is 0.222.